The third kappa shape index (κ3) is 7.74. The van der Waals surface area contributed by atoms with Gasteiger partial charge in [0.1, 0.15) is 5.82 Å². The molecule has 3 aromatic rings. The Morgan fingerprint density at radius 2 is 1.62 bits per heavy atom. The van der Waals surface area contributed by atoms with Crippen molar-refractivity contribution in [1.82, 2.24) is 13.9 Å². The number of benzene rings is 2. The van der Waals surface area contributed by atoms with Crippen molar-refractivity contribution in [3.05, 3.63) is 71.8 Å². The van der Waals surface area contributed by atoms with Gasteiger partial charge in [-0.2, -0.15) is 0 Å². The number of ether oxygens (including phenoxy) is 1. The molecule has 1 amide bonds. The Hall–Kier alpha value is -3.13. The van der Waals surface area contributed by atoms with Gasteiger partial charge in [-0.3, -0.25) is 0 Å². The number of hydrogen-bond donors (Lipinski definition) is 0. The number of aromatic nitrogens is 2. The molecule has 218 valence electrons. The maximum absolute atomic E-state index is 14.0. The number of carbonyl (C=O) groups excluding carboxylic acids is 1. The number of aryl methyl sites for hydroxylation is 1. The van der Waals surface area contributed by atoms with Crippen molar-refractivity contribution < 1.29 is 17.9 Å². The number of carbonyl (C=O) groups is 1. The Balaban J connectivity index is 2.01. The maximum atomic E-state index is 14.0. The van der Waals surface area contributed by atoms with E-state index >= 15 is 0 Å². The van der Waals surface area contributed by atoms with Crippen molar-refractivity contribution in [2.24, 2.45) is 0 Å². The number of imidazole rings is 1. The van der Waals surface area contributed by atoms with Crippen LogP contribution in [0.15, 0.2) is 59.8 Å². The summed E-state index contributed by atoms with van der Waals surface area (Å²) in [6.45, 7) is 13.4. The maximum Gasteiger partial charge on any atom is 0.423 e. The lowest BCUT2D eigenvalue weighted by Crippen LogP contribution is -2.38. The molecule has 0 N–H and O–H groups in total. The zero-order valence-corrected chi connectivity index (χ0v) is 25.8. The SMILES string of the molecule is CCCCOC(=O)N(CCCC)S(=O)(=O)c1ccc(CCC)cc1-c1ccc(Cn2ccnc2C(C)(C)C)cc1. The first-order valence-electron chi connectivity index (χ1n) is 14.5. The number of sulfonamides is 1. The zero-order valence-electron chi connectivity index (χ0n) is 24.9. The molecule has 1 heterocycles. The van der Waals surface area contributed by atoms with Crippen LogP contribution in [-0.4, -0.2) is 41.5 Å². The smallest absolute Gasteiger partial charge is 0.423 e. The lowest BCUT2D eigenvalue weighted by Gasteiger charge is -2.24. The van der Waals surface area contributed by atoms with Crippen LogP contribution in [0, 0.1) is 0 Å². The molecule has 0 radical (unpaired) electrons. The Kier molecular flexibility index (Phi) is 11.0. The predicted octanol–water partition coefficient (Wildman–Crippen LogP) is 7.58. The normalized spacial score (nSPS) is 11.9. The minimum atomic E-state index is -4.15. The van der Waals surface area contributed by atoms with E-state index in [2.05, 4.69) is 37.2 Å². The van der Waals surface area contributed by atoms with Gasteiger partial charge in [0.2, 0.25) is 0 Å². The molecule has 0 spiro atoms. The van der Waals surface area contributed by atoms with E-state index in [1.54, 1.807) is 6.07 Å². The highest BCUT2D eigenvalue weighted by Gasteiger charge is 2.32. The van der Waals surface area contributed by atoms with Gasteiger partial charge >= 0.3 is 6.09 Å². The van der Waals surface area contributed by atoms with Gasteiger partial charge in [-0.25, -0.2) is 22.5 Å². The van der Waals surface area contributed by atoms with Gasteiger partial charge in [-0.1, -0.05) is 91.1 Å². The van der Waals surface area contributed by atoms with Crippen LogP contribution >= 0.6 is 0 Å². The van der Waals surface area contributed by atoms with Crippen LogP contribution in [0.2, 0.25) is 0 Å². The second-order valence-corrected chi connectivity index (χ2v) is 13.1. The standard InChI is InChI=1S/C32H45N3O4S/c1-7-10-20-35(31(36)39-22-11-8-2)40(37,38)29-18-15-25(12-9-3)23-28(29)27-16-13-26(14-17-27)24-34-21-19-33-30(34)32(4,5)6/h13-19,21,23H,7-12,20,22,24H2,1-6H3. The summed E-state index contributed by atoms with van der Waals surface area (Å²) in [7, 11) is -4.15. The molecule has 0 aliphatic heterocycles. The van der Waals surface area contributed by atoms with E-state index in [4.69, 9.17) is 4.74 Å². The number of amides is 1. The molecule has 0 atom stereocenters. The molecular formula is C32H45N3O4S. The van der Waals surface area contributed by atoms with Crippen LogP contribution in [-0.2, 0) is 33.1 Å². The fourth-order valence-corrected chi connectivity index (χ4v) is 6.20. The van der Waals surface area contributed by atoms with Gasteiger partial charge in [0.15, 0.2) is 0 Å². The van der Waals surface area contributed by atoms with E-state index in [-0.39, 0.29) is 23.5 Å². The molecule has 1 aromatic heterocycles. The second-order valence-electron chi connectivity index (χ2n) is 11.3. The summed E-state index contributed by atoms with van der Waals surface area (Å²) in [6, 6.07) is 13.4. The number of rotatable bonds is 13. The van der Waals surface area contributed by atoms with E-state index in [9.17, 15) is 13.2 Å². The van der Waals surface area contributed by atoms with E-state index in [0.29, 0.717) is 24.9 Å². The number of unbranched alkanes of at least 4 members (excludes halogenated alkanes) is 2. The highest BCUT2D eigenvalue weighted by Crippen LogP contribution is 2.32. The second kappa shape index (κ2) is 14.0. The van der Waals surface area contributed by atoms with Crippen LogP contribution < -0.4 is 0 Å². The lowest BCUT2D eigenvalue weighted by atomic mass is 9.95. The fourth-order valence-electron chi connectivity index (χ4n) is 4.65. The van der Waals surface area contributed by atoms with Crippen molar-refractivity contribution >= 4 is 16.1 Å². The zero-order chi connectivity index (χ0) is 29.3. The lowest BCUT2D eigenvalue weighted by molar-refractivity contribution is 0.123. The molecule has 0 saturated carbocycles. The Morgan fingerprint density at radius 3 is 2.25 bits per heavy atom. The molecule has 3 rings (SSSR count). The highest BCUT2D eigenvalue weighted by molar-refractivity contribution is 7.89. The summed E-state index contributed by atoms with van der Waals surface area (Å²) in [5.41, 5.74) is 3.45. The summed E-state index contributed by atoms with van der Waals surface area (Å²) in [4.78, 5) is 17.6. The quantitative estimate of drug-likeness (QED) is 0.199. The van der Waals surface area contributed by atoms with Gasteiger partial charge in [0.05, 0.1) is 11.5 Å². The highest BCUT2D eigenvalue weighted by atomic mass is 32.2. The molecule has 40 heavy (non-hydrogen) atoms. The van der Waals surface area contributed by atoms with E-state index < -0.39 is 16.1 Å². The van der Waals surface area contributed by atoms with E-state index in [1.807, 2.05) is 62.6 Å². The van der Waals surface area contributed by atoms with Crippen molar-refractivity contribution in [3.63, 3.8) is 0 Å². The molecule has 0 saturated heterocycles. The largest absolute Gasteiger partial charge is 0.449 e. The van der Waals surface area contributed by atoms with Gasteiger partial charge in [-0.05, 0) is 48.1 Å². The van der Waals surface area contributed by atoms with Crippen molar-refractivity contribution in [2.75, 3.05) is 13.2 Å². The minimum Gasteiger partial charge on any atom is -0.449 e. The summed E-state index contributed by atoms with van der Waals surface area (Å²) in [5.74, 6) is 1.01. The first-order valence-corrected chi connectivity index (χ1v) is 15.9. The number of nitrogens with zero attached hydrogens (tertiary/aromatic N) is 3. The molecular weight excluding hydrogens is 522 g/mol. The molecule has 2 aromatic carbocycles. The van der Waals surface area contributed by atoms with Crippen LogP contribution in [0.1, 0.15) is 90.6 Å². The van der Waals surface area contributed by atoms with Gasteiger partial charge in [-0.15, -0.1) is 0 Å². The Bertz CT molecular complexity index is 1360. The average Bonchev–Trinajstić information content (AvgIpc) is 3.38. The van der Waals surface area contributed by atoms with Crippen LogP contribution in [0.3, 0.4) is 0 Å². The molecule has 8 heteroatoms. The Morgan fingerprint density at radius 1 is 0.950 bits per heavy atom. The first-order chi connectivity index (χ1) is 19.0. The van der Waals surface area contributed by atoms with Crippen LogP contribution in [0.25, 0.3) is 11.1 Å². The Labute approximate surface area is 240 Å². The molecule has 0 aliphatic rings. The summed E-state index contributed by atoms with van der Waals surface area (Å²) in [6.07, 6.45) is 7.63. The summed E-state index contributed by atoms with van der Waals surface area (Å²) >= 11 is 0. The van der Waals surface area contributed by atoms with Gasteiger partial charge in [0, 0.05) is 36.5 Å². The van der Waals surface area contributed by atoms with Crippen LogP contribution in [0.4, 0.5) is 4.79 Å². The third-order valence-electron chi connectivity index (χ3n) is 6.80. The van der Waals surface area contributed by atoms with E-state index in [0.717, 1.165) is 52.5 Å². The third-order valence-corrected chi connectivity index (χ3v) is 8.62. The summed E-state index contributed by atoms with van der Waals surface area (Å²) < 4.78 is 36.4. The topological polar surface area (TPSA) is 81.5 Å². The fraction of sp³-hybridized carbons (Fsp3) is 0.500. The summed E-state index contributed by atoms with van der Waals surface area (Å²) in [5, 5.41) is 0. The van der Waals surface area contributed by atoms with Gasteiger partial charge < -0.3 is 9.30 Å². The van der Waals surface area contributed by atoms with Crippen molar-refractivity contribution in [2.45, 2.75) is 96.9 Å². The number of hydrogen-bond acceptors (Lipinski definition) is 5. The van der Waals surface area contributed by atoms with E-state index in [1.165, 1.54) is 0 Å². The molecule has 0 aliphatic carbocycles. The molecule has 0 unspecified atom stereocenters. The molecule has 0 bridgehead atoms. The average molecular weight is 568 g/mol. The van der Waals surface area contributed by atoms with Crippen molar-refractivity contribution in [3.8, 4) is 11.1 Å². The minimum absolute atomic E-state index is 0.0756. The molecule has 0 fully saturated rings. The van der Waals surface area contributed by atoms with Crippen molar-refractivity contribution in [1.29, 1.82) is 0 Å². The van der Waals surface area contributed by atoms with Crippen LogP contribution in [0.5, 0.6) is 0 Å². The van der Waals surface area contributed by atoms with Gasteiger partial charge in [0.25, 0.3) is 10.0 Å². The monoisotopic (exact) mass is 567 g/mol. The first kappa shape index (κ1) is 31.4. The molecule has 7 nitrogen and oxygen atoms in total. The predicted molar refractivity (Wildman–Crippen MR) is 161 cm³/mol.